The van der Waals surface area contributed by atoms with Crippen LogP contribution in [-0.2, 0) is 4.79 Å². The van der Waals surface area contributed by atoms with Crippen molar-refractivity contribution in [3.8, 4) is 0 Å². The highest BCUT2D eigenvalue weighted by Crippen LogP contribution is 2.25. The van der Waals surface area contributed by atoms with Crippen molar-refractivity contribution in [3.05, 3.63) is 15.8 Å². The molecular weight excluding hydrogens is 254 g/mol. The summed E-state index contributed by atoms with van der Waals surface area (Å²) in [7, 11) is 0. The van der Waals surface area contributed by atoms with Crippen LogP contribution in [-0.4, -0.2) is 33.9 Å². The summed E-state index contributed by atoms with van der Waals surface area (Å²) < 4.78 is 0. The zero-order valence-corrected chi connectivity index (χ0v) is 10.6. The van der Waals surface area contributed by atoms with Gasteiger partial charge in [0.1, 0.15) is 5.69 Å². The second kappa shape index (κ2) is 6.44. The molecule has 0 saturated heterocycles. The van der Waals surface area contributed by atoms with Crippen LogP contribution < -0.4 is 21.9 Å². The number of rotatable bonds is 6. The van der Waals surface area contributed by atoms with Crippen molar-refractivity contribution in [1.29, 1.82) is 0 Å². The van der Waals surface area contributed by atoms with Gasteiger partial charge in [0.05, 0.1) is 11.5 Å². The first-order valence-electron chi connectivity index (χ1n) is 5.49. The average Bonchev–Trinajstić information content (AvgIpc) is 2.35. The smallest absolute Gasteiger partial charge is 0.332 e. The van der Waals surface area contributed by atoms with Crippen molar-refractivity contribution >= 4 is 23.4 Å². The van der Waals surface area contributed by atoms with E-state index in [-0.39, 0.29) is 35.6 Å². The first-order valence-corrected chi connectivity index (χ1v) is 5.49. The number of aromatic nitrogens is 2. The summed E-state index contributed by atoms with van der Waals surface area (Å²) in [6.45, 7) is 3.57. The van der Waals surface area contributed by atoms with Crippen LogP contribution in [0, 0.1) is 17.0 Å². The summed E-state index contributed by atoms with van der Waals surface area (Å²) >= 11 is 0. The van der Waals surface area contributed by atoms with Crippen LogP contribution >= 0.6 is 0 Å². The normalized spacial score (nSPS) is 9.84. The van der Waals surface area contributed by atoms with Crippen LogP contribution in [0.1, 0.15) is 12.6 Å². The first-order chi connectivity index (χ1) is 8.99. The Hall–Kier alpha value is -2.49. The lowest BCUT2D eigenvalue weighted by molar-refractivity contribution is -0.385. The van der Waals surface area contributed by atoms with Gasteiger partial charge in [0, 0.05) is 6.54 Å². The number of anilines is 2. The van der Waals surface area contributed by atoms with E-state index in [1.54, 1.807) is 6.92 Å². The molecule has 0 spiro atoms. The molecule has 0 aliphatic carbocycles. The van der Waals surface area contributed by atoms with Gasteiger partial charge in [-0.05, 0) is 13.8 Å². The molecule has 0 unspecified atom stereocenters. The minimum Gasteiger partial charge on any atom is -0.355 e. The van der Waals surface area contributed by atoms with E-state index < -0.39 is 4.92 Å². The SMILES string of the molecule is CCNC(=O)CNc1nc(NN)nc(C)c1[N+](=O)[O-]. The van der Waals surface area contributed by atoms with Gasteiger partial charge in [0.25, 0.3) is 0 Å². The fourth-order valence-electron chi connectivity index (χ4n) is 1.40. The Bertz CT molecular complexity index is 491. The zero-order valence-electron chi connectivity index (χ0n) is 10.6. The molecule has 1 aromatic rings. The van der Waals surface area contributed by atoms with E-state index in [9.17, 15) is 14.9 Å². The molecule has 1 aromatic heterocycles. The molecule has 104 valence electrons. The fraction of sp³-hybridized carbons (Fsp3) is 0.444. The largest absolute Gasteiger partial charge is 0.355 e. The molecule has 0 aliphatic heterocycles. The second-order valence-corrected chi connectivity index (χ2v) is 3.54. The summed E-state index contributed by atoms with van der Waals surface area (Å²) in [4.78, 5) is 29.3. The maximum absolute atomic E-state index is 11.3. The van der Waals surface area contributed by atoms with Gasteiger partial charge in [-0.25, -0.2) is 10.8 Å². The van der Waals surface area contributed by atoms with E-state index in [0.717, 1.165) is 0 Å². The number of carbonyl (C=O) groups is 1. The number of nitrogens with one attached hydrogen (secondary N) is 3. The van der Waals surface area contributed by atoms with Gasteiger partial charge in [-0.1, -0.05) is 0 Å². The Morgan fingerprint density at radius 3 is 2.68 bits per heavy atom. The number of carbonyl (C=O) groups excluding carboxylic acids is 1. The average molecular weight is 269 g/mol. The second-order valence-electron chi connectivity index (χ2n) is 3.54. The van der Waals surface area contributed by atoms with Crippen molar-refractivity contribution in [2.24, 2.45) is 5.84 Å². The van der Waals surface area contributed by atoms with Crippen molar-refractivity contribution in [3.63, 3.8) is 0 Å². The number of aryl methyl sites for hydroxylation is 1. The van der Waals surface area contributed by atoms with Crippen molar-refractivity contribution in [2.75, 3.05) is 23.8 Å². The third-order valence-electron chi connectivity index (χ3n) is 2.16. The standard InChI is InChI=1S/C9H15N7O3/c1-3-11-6(17)4-12-8-7(16(18)19)5(2)13-9(14-8)15-10/h3-4,10H2,1-2H3,(H,11,17)(H2,12,13,14,15). The molecule has 10 heteroatoms. The van der Waals surface area contributed by atoms with Gasteiger partial charge in [-0.2, -0.15) is 4.98 Å². The molecule has 10 nitrogen and oxygen atoms in total. The number of likely N-dealkylation sites (N-methyl/N-ethyl adjacent to an activating group) is 1. The molecule has 1 amide bonds. The van der Waals surface area contributed by atoms with Gasteiger partial charge in [0.2, 0.25) is 17.7 Å². The monoisotopic (exact) mass is 269 g/mol. The number of amides is 1. The number of hydrogen-bond donors (Lipinski definition) is 4. The molecule has 0 atom stereocenters. The Labute approximate surface area is 108 Å². The van der Waals surface area contributed by atoms with E-state index in [0.29, 0.717) is 6.54 Å². The highest BCUT2D eigenvalue weighted by molar-refractivity contribution is 5.81. The summed E-state index contributed by atoms with van der Waals surface area (Å²) in [5.41, 5.74) is 2.06. The van der Waals surface area contributed by atoms with Gasteiger partial charge in [-0.3, -0.25) is 20.3 Å². The van der Waals surface area contributed by atoms with Gasteiger partial charge < -0.3 is 10.6 Å². The molecule has 0 radical (unpaired) electrons. The maximum Gasteiger partial charge on any atom is 0.332 e. The zero-order chi connectivity index (χ0) is 14.4. The quantitative estimate of drug-likeness (QED) is 0.307. The fourth-order valence-corrected chi connectivity index (χ4v) is 1.40. The summed E-state index contributed by atoms with van der Waals surface area (Å²) in [5, 5.41) is 16.1. The third-order valence-corrected chi connectivity index (χ3v) is 2.16. The molecular formula is C9H15N7O3. The molecule has 0 fully saturated rings. The van der Waals surface area contributed by atoms with Crippen LogP contribution in [0.4, 0.5) is 17.5 Å². The summed E-state index contributed by atoms with van der Waals surface area (Å²) in [6.07, 6.45) is 0. The summed E-state index contributed by atoms with van der Waals surface area (Å²) in [6, 6.07) is 0. The molecule has 5 N–H and O–H groups in total. The van der Waals surface area contributed by atoms with Crippen molar-refractivity contribution in [2.45, 2.75) is 13.8 Å². The number of nitrogen functional groups attached to an aromatic ring is 1. The Kier molecular flexibility index (Phi) is 4.94. The van der Waals surface area contributed by atoms with E-state index >= 15 is 0 Å². The topological polar surface area (TPSA) is 148 Å². The molecule has 1 heterocycles. The van der Waals surface area contributed by atoms with Crippen molar-refractivity contribution in [1.82, 2.24) is 15.3 Å². The van der Waals surface area contributed by atoms with E-state index in [1.165, 1.54) is 6.92 Å². The van der Waals surface area contributed by atoms with E-state index in [2.05, 4.69) is 26.0 Å². The van der Waals surface area contributed by atoms with Crippen LogP contribution in [0.15, 0.2) is 0 Å². The van der Waals surface area contributed by atoms with Crippen molar-refractivity contribution < 1.29 is 9.72 Å². The first kappa shape index (κ1) is 14.6. The van der Waals surface area contributed by atoms with Crippen LogP contribution in [0.3, 0.4) is 0 Å². The maximum atomic E-state index is 11.3. The Morgan fingerprint density at radius 1 is 1.47 bits per heavy atom. The molecule has 0 saturated carbocycles. The van der Waals surface area contributed by atoms with Gasteiger partial charge in [0.15, 0.2) is 0 Å². The number of nitro groups is 1. The molecule has 1 rings (SSSR count). The highest BCUT2D eigenvalue weighted by atomic mass is 16.6. The van der Waals surface area contributed by atoms with Gasteiger partial charge >= 0.3 is 5.69 Å². The van der Waals surface area contributed by atoms with E-state index in [1.807, 2.05) is 0 Å². The third kappa shape index (κ3) is 3.74. The number of hydrogen-bond acceptors (Lipinski definition) is 8. The lowest BCUT2D eigenvalue weighted by atomic mass is 10.3. The van der Waals surface area contributed by atoms with Crippen LogP contribution in [0.25, 0.3) is 0 Å². The predicted octanol–water partition coefficient (Wildman–Crippen LogP) is -0.473. The lowest BCUT2D eigenvalue weighted by Crippen LogP contribution is -2.30. The van der Waals surface area contributed by atoms with Crippen LogP contribution in [0.2, 0.25) is 0 Å². The molecule has 0 aromatic carbocycles. The number of hydrazine groups is 1. The lowest BCUT2D eigenvalue weighted by Gasteiger charge is -2.09. The Balaban J connectivity index is 2.99. The van der Waals surface area contributed by atoms with Gasteiger partial charge in [-0.15, -0.1) is 0 Å². The number of nitrogens with zero attached hydrogens (tertiary/aromatic N) is 3. The molecule has 19 heavy (non-hydrogen) atoms. The number of nitrogens with two attached hydrogens (primary N) is 1. The highest BCUT2D eigenvalue weighted by Gasteiger charge is 2.22. The molecule has 0 aliphatic rings. The Morgan fingerprint density at radius 2 is 2.16 bits per heavy atom. The molecule has 0 bridgehead atoms. The van der Waals surface area contributed by atoms with E-state index in [4.69, 9.17) is 5.84 Å². The predicted molar refractivity (Wildman–Crippen MR) is 68.4 cm³/mol. The van der Waals surface area contributed by atoms with Crippen LogP contribution in [0.5, 0.6) is 0 Å². The minimum atomic E-state index is -0.615. The minimum absolute atomic E-state index is 0.0292. The summed E-state index contributed by atoms with van der Waals surface area (Å²) in [5.74, 6) is 4.84.